The molecule has 2 unspecified atom stereocenters. The first-order valence-electron chi connectivity index (χ1n) is 14.6. The molecule has 0 N–H and O–H groups in total. The minimum Gasteiger partial charge on any atom is -0.304 e. The second-order valence-electron chi connectivity index (χ2n) is 11.4. The molecule has 4 nitrogen and oxygen atoms in total. The molecule has 0 radical (unpaired) electrons. The van der Waals surface area contributed by atoms with Crippen molar-refractivity contribution < 1.29 is 0 Å². The van der Waals surface area contributed by atoms with Crippen molar-refractivity contribution >= 4 is 116 Å². The van der Waals surface area contributed by atoms with Crippen LogP contribution in [0.3, 0.4) is 0 Å². The van der Waals surface area contributed by atoms with Gasteiger partial charge in [0.15, 0.2) is 0 Å². The maximum Gasteiger partial charge on any atom is 0.287 e. The Bertz CT molecular complexity index is 1720. The molecule has 0 saturated carbocycles. The van der Waals surface area contributed by atoms with E-state index in [1.54, 1.807) is 72.8 Å². The molecular formula is C35H28Cl8N4. The maximum absolute atomic E-state index is 7.14. The third kappa shape index (κ3) is 5.54. The summed E-state index contributed by atoms with van der Waals surface area (Å²) >= 11 is 57.1. The predicted octanol–water partition coefficient (Wildman–Crippen LogP) is 13.5. The normalized spacial score (nSPS) is 21.4. The summed E-state index contributed by atoms with van der Waals surface area (Å²) in [5, 5.41) is 3.27. The van der Waals surface area contributed by atoms with Crippen LogP contribution >= 0.6 is 92.8 Å². The van der Waals surface area contributed by atoms with Crippen LogP contribution in [0.15, 0.2) is 96.3 Å². The Morgan fingerprint density at radius 2 is 0.660 bits per heavy atom. The number of hydrogen-bond acceptors (Lipinski definition) is 4. The van der Waals surface area contributed by atoms with Crippen LogP contribution in [0.1, 0.15) is 27.7 Å². The third-order valence-corrected chi connectivity index (χ3v) is 10.9. The van der Waals surface area contributed by atoms with Crippen molar-refractivity contribution in [2.45, 2.75) is 45.7 Å². The van der Waals surface area contributed by atoms with E-state index < -0.39 is 5.91 Å². The number of para-hydroxylation sites is 4. The van der Waals surface area contributed by atoms with E-state index >= 15 is 0 Å². The van der Waals surface area contributed by atoms with Gasteiger partial charge in [0.1, 0.15) is 0 Å². The maximum atomic E-state index is 7.14. The Kier molecular flexibility index (Phi) is 9.83. The van der Waals surface area contributed by atoms with Gasteiger partial charge in [-0.2, -0.15) is 0 Å². The molecule has 0 bridgehead atoms. The summed E-state index contributed by atoms with van der Waals surface area (Å²) in [7, 11) is 0. The highest BCUT2D eigenvalue weighted by Gasteiger charge is 2.62. The summed E-state index contributed by atoms with van der Waals surface area (Å²) in [6, 6.07) is 20.9. The number of halogens is 8. The molecule has 47 heavy (non-hydrogen) atoms. The molecule has 4 aromatic carbocycles. The summed E-state index contributed by atoms with van der Waals surface area (Å²) in [5.74, 6) is -1.52. The lowest BCUT2D eigenvalue weighted by molar-refractivity contribution is 0.308. The molecule has 2 aliphatic heterocycles. The molecule has 2 heterocycles. The summed E-state index contributed by atoms with van der Waals surface area (Å²) in [4.78, 5) is 8.36. The Balaban J connectivity index is 1.93. The average Bonchev–Trinajstić information content (AvgIpc) is 2.98. The van der Waals surface area contributed by atoms with E-state index in [1.807, 2.05) is 13.8 Å². The zero-order valence-corrected chi connectivity index (χ0v) is 31.6. The molecule has 1 spiro atoms. The Morgan fingerprint density at radius 3 is 0.915 bits per heavy atom. The lowest BCUT2D eigenvalue weighted by Crippen LogP contribution is -2.84. The van der Waals surface area contributed by atoms with Gasteiger partial charge in [-0.1, -0.05) is 117 Å². The van der Waals surface area contributed by atoms with Crippen LogP contribution in [-0.2, 0) is 0 Å². The fourth-order valence-corrected chi connectivity index (χ4v) is 9.16. The third-order valence-electron chi connectivity index (χ3n) is 8.41. The standard InChI is InChI=1S/C35H28Cl8N4/c1-19-17-20(2)45(32-25(38)11-6-12-26(32)39)35(44(19)31-23(36)9-5-10-24(31)37)46(33-27(40)13-7-14-28(33)41)21(3)18-22(4)47(35)34-29(42)15-8-16-30(34)43/h5-19,21H,1-4H3. The van der Waals surface area contributed by atoms with E-state index in [0.29, 0.717) is 62.9 Å². The van der Waals surface area contributed by atoms with Crippen molar-refractivity contribution in [1.82, 2.24) is 0 Å². The number of allylic oxidation sites excluding steroid dienone is 2. The van der Waals surface area contributed by atoms with Crippen LogP contribution in [0.5, 0.6) is 0 Å². The van der Waals surface area contributed by atoms with Crippen LogP contribution in [0.25, 0.3) is 0 Å². The van der Waals surface area contributed by atoms with Gasteiger partial charge in [-0.25, -0.2) is 0 Å². The Morgan fingerprint density at radius 1 is 0.426 bits per heavy atom. The van der Waals surface area contributed by atoms with Gasteiger partial charge in [-0.15, -0.1) is 0 Å². The minimum atomic E-state index is -1.52. The van der Waals surface area contributed by atoms with Gasteiger partial charge in [0.05, 0.1) is 75.0 Å². The Hall–Kier alpha value is -2.12. The van der Waals surface area contributed by atoms with Gasteiger partial charge in [0.25, 0.3) is 5.91 Å². The fourth-order valence-electron chi connectivity index (χ4n) is 6.87. The molecule has 0 amide bonds. The summed E-state index contributed by atoms with van der Waals surface area (Å²) in [6.45, 7) is 8.13. The van der Waals surface area contributed by atoms with Crippen molar-refractivity contribution in [1.29, 1.82) is 0 Å². The van der Waals surface area contributed by atoms with Crippen LogP contribution in [0, 0.1) is 0 Å². The number of hydrogen-bond donors (Lipinski definition) is 0. The van der Waals surface area contributed by atoms with Crippen molar-refractivity contribution in [2.24, 2.45) is 0 Å². The van der Waals surface area contributed by atoms with Crippen LogP contribution < -0.4 is 19.6 Å². The lowest BCUT2D eigenvalue weighted by Gasteiger charge is -2.68. The molecule has 2 aliphatic rings. The number of anilines is 4. The average molecular weight is 788 g/mol. The van der Waals surface area contributed by atoms with E-state index in [1.165, 1.54) is 0 Å². The summed E-state index contributed by atoms with van der Waals surface area (Å²) in [5.41, 5.74) is 3.76. The molecule has 4 aromatic rings. The van der Waals surface area contributed by atoms with E-state index in [-0.39, 0.29) is 12.1 Å². The molecule has 244 valence electrons. The summed E-state index contributed by atoms with van der Waals surface area (Å²) < 4.78 is 0. The quantitative estimate of drug-likeness (QED) is 0.204. The number of nitrogens with zero attached hydrogens (tertiary/aromatic N) is 4. The topological polar surface area (TPSA) is 13.0 Å². The van der Waals surface area contributed by atoms with Gasteiger partial charge in [-0.05, 0) is 88.4 Å². The van der Waals surface area contributed by atoms with E-state index in [0.717, 1.165) is 11.4 Å². The molecule has 6 rings (SSSR count). The first-order valence-corrected chi connectivity index (χ1v) is 17.7. The van der Waals surface area contributed by atoms with Crippen molar-refractivity contribution in [3.63, 3.8) is 0 Å². The van der Waals surface area contributed by atoms with Crippen LogP contribution in [-0.4, -0.2) is 18.0 Å². The molecule has 0 saturated heterocycles. The largest absolute Gasteiger partial charge is 0.304 e. The van der Waals surface area contributed by atoms with Gasteiger partial charge in [-0.3, -0.25) is 9.80 Å². The molecule has 12 heteroatoms. The van der Waals surface area contributed by atoms with Crippen LogP contribution in [0.2, 0.25) is 40.2 Å². The second kappa shape index (κ2) is 13.3. The van der Waals surface area contributed by atoms with E-state index in [4.69, 9.17) is 92.8 Å². The fraction of sp³-hybridized carbons (Fsp3) is 0.200. The number of rotatable bonds is 4. The minimum absolute atomic E-state index is 0.351. The molecular weight excluding hydrogens is 760 g/mol. The van der Waals surface area contributed by atoms with Crippen molar-refractivity contribution in [3.8, 4) is 0 Å². The van der Waals surface area contributed by atoms with E-state index in [2.05, 4.69) is 45.6 Å². The highest BCUT2D eigenvalue weighted by Crippen LogP contribution is 2.58. The first kappa shape index (κ1) is 34.7. The highest BCUT2D eigenvalue weighted by atomic mass is 35.5. The Labute approximate surface area is 315 Å². The monoisotopic (exact) mass is 784 g/mol. The van der Waals surface area contributed by atoms with Gasteiger partial charge < -0.3 is 9.80 Å². The van der Waals surface area contributed by atoms with Gasteiger partial charge in [0, 0.05) is 11.4 Å². The van der Waals surface area contributed by atoms with Gasteiger partial charge >= 0.3 is 0 Å². The molecule has 0 aromatic heterocycles. The molecule has 2 atom stereocenters. The highest BCUT2D eigenvalue weighted by molar-refractivity contribution is 6.42. The van der Waals surface area contributed by atoms with Crippen LogP contribution in [0.4, 0.5) is 22.7 Å². The zero-order chi connectivity index (χ0) is 33.9. The zero-order valence-electron chi connectivity index (χ0n) is 25.6. The molecule has 0 fully saturated rings. The van der Waals surface area contributed by atoms with Crippen molar-refractivity contribution in [2.75, 3.05) is 19.6 Å². The summed E-state index contributed by atoms with van der Waals surface area (Å²) in [6.07, 6.45) is 4.20. The first-order chi connectivity index (χ1) is 22.3. The molecule has 0 aliphatic carbocycles. The smallest absolute Gasteiger partial charge is 0.287 e. The lowest BCUT2D eigenvalue weighted by atomic mass is 9.97. The predicted molar refractivity (Wildman–Crippen MR) is 205 cm³/mol. The number of benzene rings is 4. The van der Waals surface area contributed by atoms with Gasteiger partial charge in [0.2, 0.25) is 0 Å². The SMILES string of the molecule is CC1=CC(C)N(c2c(Cl)cccc2Cl)C2(N1c1c(Cl)cccc1Cl)N(c1c(Cl)cccc1Cl)C(C)=CC(C)N2c1c(Cl)cccc1Cl. The van der Waals surface area contributed by atoms with Crippen molar-refractivity contribution in [3.05, 3.63) is 137 Å². The second-order valence-corrected chi connectivity index (χ2v) is 14.6. The van der Waals surface area contributed by atoms with E-state index in [9.17, 15) is 0 Å².